The summed E-state index contributed by atoms with van der Waals surface area (Å²) in [5.41, 5.74) is -0.246. The Balaban J connectivity index is 3.34. The van der Waals surface area contributed by atoms with Crippen molar-refractivity contribution in [3.8, 4) is 0 Å². The first-order valence-electron chi connectivity index (χ1n) is 2.24. The third kappa shape index (κ3) is 1.47. The Morgan fingerprint density at radius 3 is 2.44 bits per heavy atom. The molecule has 0 atom stereocenters. The first kappa shape index (κ1) is 6.65. The summed E-state index contributed by atoms with van der Waals surface area (Å²) in [7, 11) is 0. The molecule has 1 rings (SSSR count). The topological polar surface area (TPSA) is 32.9 Å². The summed E-state index contributed by atoms with van der Waals surface area (Å²) in [4.78, 5) is 12.8. The van der Waals surface area contributed by atoms with Gasteiger partial charge < -0.3 is 4.98 Å². The van der Waals surface area contributed by atoms with Crippen molar-refractivity contribution in [1.29, 1.82) is 0 Å². The van der Waals surface area contributed by atoms with Crippen LogP contribution in [-0.4, -0.2) is 4.98 Å². The first-order chi connectivity index (χ1) is 4.20. The zero-order chi connectivity index (χ0) is 6.85. The molecule has 1 heterocycles. The minimum absolute atomic E-state index is 0.246. The van der Waals surface area contributed by atoms with E-state index in [1.165, 1.54) is 12.3 Å². The van der Waals surface area contributed by atoms with Gasteiger partial charge in [-0.1, -0.05) is 23.2 Å². The molecule has 0 saturated heterocycles. The number of halogens is 2. The lowest BCUT2D eigenvalue weighted by molar-refractivity contribution is 1.24. The maximum Gasteiger partial charge on any atom is 0.249 e. The third-order valence-corrected chi connectivity index (χ3v) is 1.55. The molecule has 48 valence electrons. The molecule has 0 spiro atoms. The van der Waals surface area contributed by atoms with Crippen molar-refractivity contribution < 1.29 is 0 Å². The summed E-state index contributed by atoms with van der Waals surface area (Å²) >= 11 is 10.9. The average Bonchev–Trinajstić information content (AvgIpc) is 1.80. The Morgan fingerprint density at radius 1 is 1.33 bits per heavy atom. The summed E-state index contributed by atoms with van der Waals surface area (Å²) < 4.78 is 0. The Labute approximate surface area is 61.4 Å². The molecule has 0 saturated carbocycles. The maximum absolute atomic E-state index is 10.4. The molecular weight excluding hydrogens is 161 g/mol. The SMILES string of the molecule is O=c1cc(Cl)c(Cl)c[nH]1. The molecule has 0 fully saturated rings. The summed E-state index contributed by atoms with van der Waals surface area (Å²) in [6, 6.07) is 1.23. The van der Waals surface area contributed by atoms with E-state index < -0.39 is 0 Å². The van der Waals surface area contributed by atoms with Gasteiger partial charge in [0.15, 0.2) is 0 Å². The molecule has 1 aromatic heterocycles. The van der Waals surface area contributed by atoms with Gasteiger partial charge in [-0.15, -0.1) is 0 Å². The highest BCUT2D eigenvalue weighted by atomic mass is 35.5. The number of hydrogen-bond acceptors (Lipinski definition) is 1. The fourth-order valence-corrected chi connectivity index (χ4v) is 0.692. The van der Waals surface area contributed by atoms with E-state index in [1.807, 2.05) is 0 Å². The molecule has 0 aliphatic carbocycles. The molecule has 0 aromatic carbocycles. The van der Waals surface area contributed by atoms with Crippen LogP contribution in [0.4, 0.5) is 0 Å². The molecule has 1 N–H and O–H groups in total. The van der Waals surface area contributed by atoms with Crippen molar-refractivity contribution in [1.82, 2.24) is 4.98 Å². The van der Waals surface area contributed by atoms with Crippen molar-refractivity contribution in [2.75, 3.05) is 0 Å². The number of pyridine rings is 1. The van der Waals surface area contributed by atoms with Crippen LogP contribution in [0.15, 0.2) is 17.1 Å². The summed E-state index contributed by atoms with van der Waals surface area (Å²) in [5, 5.41) is 0.636. The maximum atomic E-state index is 10.4. The highest BCUT2D eigenvalue weighted by Crippen LogP contribution is 2.16. The number of aromatic nitrogens is 1. The zero-order valence-corrected chi connectivity index (χ0v) is 5.83. The molecular formula is C5H3Cl2NO. The summed E-state index contributed by atoms with van der Waals surface area (Å²) in [5.74, 6) is 0. The van der Waals surface area contributed by atoms with Gasteiger partial charge in [-0.3, -0.25) is 4.79 Å². The fraction of sp³-hybridized carbons (Fsp3) is 0. The monoisotopic (exact) mass is 163 g/mol. The Morgan fingerprint density at radius 2 is 2.00 bits per heavy atom. The Hall–Kier alpha value is -0.470. The number of aromatic amines is 1. The van der Waals surface area contributed by atoms with Crippen LogP contribution in [0.3, 0.4) is 0 Å². The minimum Gasteiger partial charge on any atom is -0.328 e. The van der Waals surface area contributed by atoms with E-state index in [0.29, 0.717) is 5.02 Å². The largest absolute Gasteiger partial charge is 0.328 e. The lowest BCUT2D eigenvalue weighted by atomic mass is 10.5. The predicted octanol–water partition coefficient (Wildman–Crippen LogP) is 1.68. The lowest BCUT2D eigenvalue weighted by Crippen LogP contribution is -2.01. The van der Waals surface area contributed by atoms with Crippen molar-refractivity contribution in [2.24, 2.45) is 0 Å². The predicted molar refractivity (Wildman–Crippen MR) is 37.1 cm³/mol. The third-order valence-electron chi connectivity index (χ3n) is 0.827. The van der Waals surface area contributed by atoms with Crippen LogP contribution >= 0.6 is 23.2 Å². The van der Waals surface area contributed by atoms with Crippen LogP contribution in [0.1, 0.15) is 0 Å². The van der Waals surface area contributed by atoms with Crippen LogP contribution in [0.2, 0.25) is 10.0 Å². The van der Waals surface area contributed by atoms with Gasteiger partial charge in [0.1, 0.15) is 0 Å². The van der Waals surface area contributed by atoms with Gasteiger partial charge in [-0.05, 0) is 0 Å². The van der Waals surface area contributed by atoms with Gasteiger partial charge in [0.05, 0.1) is 10.0 Å². The quantitative estimate of drug-likeness (QED) is 0.621. The van der Waals surface area contributed by atoms with Gasteiger partial charge >= 0.3 is 0 Å². The molecule has 0 radical (unpaired) electrons. The van der Waals surface area contributed by atoms with Crippen LogP contribution in [0, 0.1) is 0 Å². The van der Waals surface area contributed by atoms with Gasteiger partial charge in [0.25, 0.3) is 0 Å². The number of rotatable bonds is 0. The number of H-pyrrole nitrogens is 1. The zero-order valence-electron chi connectivity index (χ0n) is 4.32. The van der Waals surface area contributed by atoms with Crippen LogP contribution in [-0.2, 0) is 0 Å². The van der Waals surface area contributed by atoms with Gasteiger partial charge in [0, 0.05) is 12.3 Å². The van der Waals surface area contributed by atoms with Gasteiger partial charge in [-0.2, -0.15) is 0 Å². The minimum atomic E-state index is -0.246. The second-order valence-electron chi connectivity index (χ2n) is 1.49. The van der Waals surface area contributed by atoms with Crippen molar-refractivity contribution in [2.45, 2.75) is 0 Å². The molecule has 0 aliphatic rings. The highest BCUT2D eigenvalue weighted by molar-refractivity contribution is 6.41. The van der Waals surface area contributed by atoms with Crippen LogP contribution < -0.4 is 5.56 Å². The summed E-state index contributed by atoms with van der Waals surface area (Å²) in [6.45, 7) is 0. The van der Waals surface area contributed by atoms with E-state index in [2.05, 4.69) is 4.98 Å². The Bertz CT molecular complexity index is 268. The average molecular weight is 164 g/mol. The molecule has 2 nitrogen and oxygen atoms in total. The van der Waals surface area contributed by atoms with Crippen molar-refractivity contribution >= 4 is 23.2 Å². The van der Waals surface area contributed by atoms with Gasteiger partial charge in [-0.25, -0.2) is 0 Å². The number of nitrogens with one attached hydrogen (secondary N) is 1. The van der Waals surface area contributed by atoms with E-state index in [0.717, 1.165) is 0 Å². The molecule has 9 heavy (non-hydrogen) atoms. The van der Waals surface area contributed by atoms with E-state index in [-0.39, 0.29) is 10.6 Å². The Kier molecular flexibility index (Phi) is 1.78. The molecule has 4 heteroatoms. The summed E-state index contributed by atoms with van der Waals surface area (Å²) in [6.07, 6.45) is 1.35. The molecule has 0 bridgehead atoms. The normalized spacial score (nSPS) is 9.56. The van der Waals surface area contributed by atoms with Crippen molar-refractivity contribution in [3.05, 3.63) is 32.7 Å². The number of hydrogen-bond donors (Lipinski definition) is 1. The van der Waals surface area contributed by atoms with Crippen molar-refractivity contribution in [3.63, 3.8) is 0 Å². The standard InChI is InChI=1S/C5H3Cl2NO/c6-3-1-5(9)8-2-4(3)7/h1-2H,(H,8,9). The molecule has 0 aliphatic heterocycles. The molecule has 0 unspecified atom stereocenters. The first-order valence-corrected chi connectivity index (χ1v) is 2.99. The van der Waals surface area contributed by atoms with E-state index in [1.54, 1.807) is 0 Å². The molecule has 1 aromatic rings. The highest BCUT2D eigenvalue weighted by Gasteiger charge is 1.94. The van der Waals surface area contributed by atoms with Crippen LogP contribution in [0.5, 0.6) is 0 Å². The fourth-order valence-electron chi connectivity index (χ4n) is 0.429. The second kappa shape index (κ2) is 2.42. The molecule has 0 amide bonds. The second-order valence-corrected chi connectivity index (χ2v) is 2.31. The lowest BCUT2D eigenvalue weighted by Gasteiger charge is -1.88. The van der Waals surface area contributed by atoms with Crippen LogP contribution in [0.25, 0.3) is 0 Å². The van der Waals surface area contributed by atoms with Gasteiger partial charge in [0.2, 0.25) is 5.56 Å². The van der Waals surface area contributed by atoms with E-state index >= 15 is 0 Å². The van der Waals surface area contributed by atoms with E-state index in [9.17, 15) is 4.79 Å². The van der Waals surface area contributed by atoms with E-state index in [4.69, 9.17) is 23.2 Å². The smallest absolute Gasteiger partial charge is 0.249 e.